The third-order valence-corrected chi connectivity index (χ3v) is 3.63. The zero-order valence-corrected chi connectivity index (χ0v) is 13.8. The van der Waals surface area contributed by atoms with Crippen LogP contribution in [0, 0.1) is 5.82 Å². The van der Waals surface area contributed by atoms with Crippen LogP contribution in [0.15, 0.2) is 65.9 Å². The van der Waals surface area contributed by atoms with Crippen molar-refractivity contribution in [2.24, 2.45) is 5.10 Å². The number of hydrazone groups is 1. The van der Waals surface area contributed by atoms with Crippen molar-refractivity contribution in [3.05, 3.63) is 88.5 Å². The van der Waals surface area contributed by atoms with Crippen LogP contribution in [0.25, 0.3) is 0 Å². The fraction of sp³-hybridized carbons (Fsp3) is 0.0556. The molecule has 1 heterocycles. The van der Waals surface area contributed by atoms with Crippen molar-refractivity contribution in [2.45, 2.75) is 6.54 Å². The number of nitrogens with one attached hydrogen (secondary N) is 1. The summed E-state index contributed by atoms with van der Waals surface area (Å²) < 4.78 is 14.5. The van der Waals surface area contributed by atoms with Gasteiger partial charge in [-0.25, -0.2) is 9.82 Å². The predicted octanol–water partition coefficient (Wildman–Crippen LogP) is 3.49. The molecular weight excluding hydrogens is 343 g/mol. The summed E-state index contributed by atoms with van der Waals surface area (Å²) in [5, 5.41) is 8.72. The summed E-state index contributed by atoms with van der Waals surface area (Å²) in [7, 11) is 0. The van der Waals surface area contributed by atoms with E-state index in [4.69, 9.17) is 11.6 Å². The first-order valence-corrected chi connectivity index (χ1v) is 7.85. The van der Waals surface area contributed by atoms with Gasteiger partial charge in [-0.1, -0.05) is 35.9 Å². The van der Waals surface area contributed by atoms with Crippen molar-refractivity contribution in [3.8, 4) is 0 Å². The van der Waals surface area contributed by atoms with E-state index in [2.05, 4.69) is 15.6 Å². The van der Waals surface area contributed by atoms with Gasteiger partial charge in [0.25, 0.3) is 5.91 Å². The third-order valence-electron chi connectivity index (χ3n) is 3.38. The van der Waals surface area contributed by atoms with Gasteiger partial charge in [0.1, 0.15) is 5.82 Å². The summed E-state index contributed by atoms with van der Waals surface area (Å²) in [6, 6.07) is 14.8. The number of carbonyl (C=O) groups excluding carboxylic acids is 1. The van der Waals surface area contributed by atoms with Crippen LogP contribution in [0.2, 0.25) is 5.02 Å². The molecule has 0 fully saturated rings. The fourth-order valence-electron chi connectivity index (χ4n) is 2.12. The Morgan fingerprint density at radius 3 is 2.60 bits per heavy atom. The Balaban J connectivity index is 1.58. The molecule has 0 aliphatic carbocycles. The van der Waals surface area contributed by atoms with Gasteiger partial charge in [-0.3, -0.25) is 9.48 Å². The van der Waals surface area contributed by atoms with Crippen molar-refractivity contribution in [3.63, 3.8) is 0 Å². The highest BCUT2D eigenvalue weighted by Crippen LogP contribution is 2.10. The number of benzene rings is 2. The Morgan fingerprint density at radius 1 is 1.16 bits per heavy atom. The molecule has 0 radical (unpaired) electrons. The van der Waals surface area contributed by atoms with Crippen molar-refractivity contribution in [1.82, 2.24) is 15.2 Å². The SMILES string of the molecule is O=C(N/N=C/c1ccc(F)cc1)c1ccn(Cc2ccc(Cl)cc2)n1. The van der Waals surface area contributed by atoms with Gasteiger partial charge in [0.05, 0.1) is 12.8 Å². The highest BCUT2D eigenvalue weighted by Gasteiger charge is 2.08. The molecule has 0 aliphatic rings. The highest BCUT2D eigenvalue weighted by molar-refractivity contribution is 6.30. The van der Waals surface area contributed by atoms with Gasteiger partial charge < -0.3 is 0 Å². The van der Waals surface area contributed by atoms with Crippen LogP contribution < -0.4 is 5.43 Å². The monoisotopic (exact) mass is 356 g/mol. The average Bonchev–Trinajstić information content (AvgIpc) is 3.07. The third kappa shape index (κ3) is 4.74. The maximum atomic E-state index is 12.8. The van der Waals surface area contributed by atoms with E-state index in [1.165, 1.54) is 18.3 Å². The summed E-state index contributed by atoms with van der Waals surface area (Å²) >= 11 is 5.85. The molecule has 0 atom stereocenters. The minimum Gasteiger partial charge on any atom is -0.268 e. The van der Waals surface area contributed by atoms with E-state index in [1.54, 1.807) is 41.2 Å². The molecule has 0 bridgehead atoms. The molecule has 1 aromatic heterocycles. The van der Waals surface area contributed by atoms with E-state index in [0.29, 0.717) is 17.1 Å². The zero-order valence-electron chi connectivity index (χ0n) is 13.1. The molecule has 7 heteroatoms. The van der Waals surface area contributed by atoms with Crippen LogP contribution in [0.4, 0.5) is 4.39 Å². The summed E-state index contributed by atoms with van der Waals surface area (Å²) in [4.78, 5) is 12.0. The van der Waals surface area contributed by atoms with Crippen molar-refractivity contribution in [1.29, 1.82) is 0 Å². The van der Waals surface area contributed by atoms with Gasteiger partial charge in [0.2, 0.25) is 0 Å². The van der Waals surface area contributed by atoms with Crippen LogP contribution >= 0.6 is 11.6 Å². The van der Waals surface area contributed by atoms with E-state index in [1.807, 2.05) is 12.1 Å². The highest BCUT2D eigenvalue weighted by atomic mass is 35.5. The van der Waals surface area contributed by atoms with Gasteiger partial charge in [0, 0.05) is 11.2 Å². The lowest BCUT2D eigenvalue weighted by molar-refractivity contribution is 0.0949. The van der Waals surface area contributed by atoms with E-state index < -0.39 is 5.91 Å². The Hall–Kier alpha value is -2.99. The molecule has 5 nitrogen and oxygen atoms in total. The maximum Gasteiger partial charge on any atom is 0.291 e. The smallest absolute Gasteiger partial charge is 0.268 e. The first kappa shape index (κ1) is 16.9. The van der Waals surface area contributed by atoms with E-state index in [0.717, 1.165) is 5.56 Å². The van der Waals surface area contributed by atoms with Crippen molar-refractivity contribution >= 4 is 23.7 Å². The molecular formula is C18H14ClFN4O. The largest absolute Gasteiger partial charge is 0.291 e. The Labute approximate surface area is 148 Å². The minimum absolute atomic E-state index is 0.255. The number of rotatable bonds is 5. The number of aromatic nitrogens is 2. The standard InChI is InChI=1S/C18H14ClFN4O/c19-15-5-1-14(2-6-15)12-24-10-9-17(23-24)18(25)22-21-11-13-3-7-16(20)8-4-13/h1-11H,12H2,(H,22,25)/b21-11+. The van der Waals surface area contributed by atoms with Crippen molar-refractivity contribution < 1.29 is 9.18 Å². The molecule has 0 aliphatic heterocycles. The van der Waals surface area contributed by atoms with Gasteiger partial charge in [0.15, 0.2) is 5.69 Å². The van der Waals surface area contributed by atoms with E-state index in [9.17, 15) is 9.18 Å². The maximum absolute atomic E-state index is 12.8. The normalized spacial score (nSPS) is 11.0. The molecule has 25 heavy (non-hydrogen) atoms. The molecule has 126 valence electrons. The topological polar surface area (TPSA) is 59.3 Å². The quantitative estimate of drug-likeness (QED) is 0.562. The molecule has 2 aromatic carbocycles. The van der Waals surface area contributed by atoms with Crippen LogP contribution in [0.3, 0.4) is 0 Å². The average molecular weight is 357 g/mol. The number of hydrogen-bond donors (Lipinski definition) is 1. The fourth-order valence-corrected chi connectivity index (χ4v) is 2.25. The summed E-state index contributed by atoms with van der Waals surface area (Å²) in [5.41, 5.74) is 4.34. The predicted molar refractivity (Wildman–Crippen MR) is 94.2 cm³/mol. The van der Waals surface area contributed by atoms with Crippen LogP contribution in [-0.4, -0.2) is 21.9 Å². The lowest BCUT2D eigenvalue weighted by Crippen LogP contribution is -2.18. The Morgan fingerprint density at radius 2 is 1.88 bits per heavy atom. The van der Waals surface area contributed by atoms with Crippen molar-refractivity contribution in [2.75, 3.05) is 0 Å². The van der Waals surface area contributed by atoms with Gasteiger partial charge in [-0.2, -0.15) is 10.2 Å². The molecule has 1 N–H and O–H groups in total. The van der Waals surface area contributed by atoms with Gasteiger partial charge in [-0.15, -0.1) is 0 Å². The molecule has 0 saturated carbocycles. The zero-order chi connectivity index (χ0) is 17.6. The number of amides is 1. The van der Waals surface area contributed by atoms with Crippen LogP contribution in [-0.2, 0) is 6.54 Å². The molecule has 3 aromatic rings. The molecule has 3 rings (SSSR count). The van der Waals surface area contributed by atoms with E-state index in [-0.39, 0.29) is 11.5 Å². The molecule has 1 amide bonds. The Bertz CT molecular complexity index is 888. The van der Waals surface area contributed by atoms with Crippen LogP contribution in [0.5, 0.6) is 0 Å². The lowest BCUT2D eigenvalue weighted by Gasteiger charge is -2.02. The first-order chi connectivity index (χ1) is 12.1. The molecule has 0 saturated heterocycles. The molecule has 0 spiro atoms. The lowest BCUT2D eigenvalue weighted by atomic mass is 10.2. The van der Waals surface area contributed by atoms with Gasteiger partial charge >= 0.3 is 0 Å². The molecule has 0 unspecified atom stereocenters. The number of nitrogens with zero attached hydrogens (tertiary/aromatic N) is 3. The Kier molecular flexibility index (Phi) is 5.20. The second-order valence-electron chi connectivity index (χ2n) is 5.28. The number of hydrogen-bond acceptors (Lipinski definition) is 3. The second kappa shape index (κ2) is 7.72. The van der Waals surface area contributed by atoms with Crippen LogP contribution in [0.1, 0.15) is 21.6 Å². The summed E-state index contributed by atoms with van der Waals surface area (Å²) in [6.45, 7) is 0.531. The first-order valence-electron chi connectivity index (χ1n) is 7.47. The van der Waals surface area contributed by atoms with E-state index >= 15 is 0 Å². The number of carbonyl (C=O) groups is 1. The number of halogens is 2. The summed E-state index contributed by atoms with van der Waals surface area (Å²) in [6.07, 6.45) is 3.15. The minimum atomic E-state index is -0.423. The second-order valence-corrected chi connectivity index (χ2v) is 5.71. The summed E-state index contributed by atoms with van der Waals surface area (Å²) in [5.74, 6) is -0.749. The van der Waals surface area contributed by atoms with Gasteiger partial charge in [-0.05, 0) is 41.5 Å².